The fraction of sp³-hybridized carbons (Fsp3) is 0.417. The maximum Gasteiger partial charge on any atom is 0.249 e. The van der Waals surface area contributed by atoms with Crippen molar-refractivity contribution in [2.45, 2.75) is 39.5 Å². The number of carbonyl (C=O) groups is 2. The van der Waals surface area contributed by atoms with Gasteiger partial charge in [0.25, 0.3) is 0 Å². The zero-order valence-electron chi connectivity index (χ0n) is 18.4. The summed E-state index contributed by atoms with van der Waals surface area (Å²) >= 11 is 0. The molecule has 1 saturated heterocycles. The van der Waals surface area contributed by atoms with Crippen LogP contribution in [0.1, 0.15) is 38.0 Å². The summed E-state index contributed by atoms with van der Waals surface area (Å²) in [6, 6.07) is 14.3. The van der Waals surface area contributed by atoms with Crippen LogP contribution >= 0.6 is 0 Å². The van der Waals surface area contributed by atoms with Gasteiger partial charge in [-0.15, -0.1) is 0 Å². The van der Waals surface area contributed by atoms with Gasteiger partial charge in [0.1, 0.15) is 18.5 Å². The molecule has 1 aliphatic rings. The van der Waals surface area contributed by atoms with Crippen molar-refractivity contribution in [2.75, 3.05) is 25.6 Å². The molecular formula is C24H30N2O5. The van der Waals surface area contributed by atoms with Crippen LogP contribution < -0.4 is 10.1 Å². The number of benzene rings is 2. The number of ether oxygens (including phenoxy) is 2. The highest BCUT2D eigenvalue weighted by atomic mass is 16.5. The normalized spacial score (nSPS) is 19.3. The van der Waals surface area contributed by atoms with E-state index in [0.29, 0.717) is 12.2 Å². The molecule has 2 amide bonds. The Balaban J connectivity index is 1.76. The lowest BCUT2D eigenvalue weighted by Gasteiger charge is -2.40. The van der Waals surface area contributed by atoms with Crippen LogP contribution in [0.3, 0.4) is 0 Å². The van der Waals surface area contributed by atoms with E-state index in [4.69, 9.17) is 9.47 Å². The van der Waals surface area contributed by atoms with Crippen LogP contribution in [-0.4, -0.2) is 48.2 Å². The van der Waals surface area contributed by atoms with Crippen LogP contribution in [0, 0.1) is 5.41 Å². The smallest absolute Gasteiger partial charge is 0.249 e. The molecule has 0 bridgehead atoms. The van der Waals surface area contributed by atoms with Crippen LogP contribution in [0.15, 0.2) is 48.5 Å². The molecular weight excluding hydrogens is 396 g/mol. The van der Waals surface area contributed by atoms with Gasteiger partial charge in [0.2, 0.25) is 11.8 Å². The van der Waals surface area contributed by atoms with E-state index in [1.165, 1.54) is 0 Å². The summed E-state index contributed by atoms with van der Waals surface area (Å²) in [5.41, 5.74) is 1.97. The fourth-order valence-corrected chi connectivity index (χ4v) is 3.42. The molecule has 2 unspecified atom stereocenters. The number of hydrogen-bond donors (Lipinski definition) is 2. The number of amides is 2. The molecule has 31 heavy (non-hydrogen) atoms. The number of carbonyl (C=O) groups excluding carboxylic acids is 2. The minimum absolute atomic E-state index is 0.0557. The summed E-state index contributed by atoms with van der Waals surface area (Å²) in [5, 5.41) is 13.0. The van der Waals surface area contributed by atoms with Crippen molar-refractivity contribution in [3.63, 3.8) is 0 Å². The van der Waals surface area contributed by atoms with E-state index in [9.17, 15) is 14.7 Å². The van der Waals surface area contributed by atoms with Crippen LogP contribution in [0.2, 0.25) is 0 Å². The Morgan fingerprint density at radius 1 is 1.16 bits per heavy atom. The average Bonchev–Trinajstić information content (AvgIpc) is 2.75. The van der Waals surface area contributed by atoms with Crippen molar-refractivity contribution >= 4 is 17.5 Å². The molecule has 166 valence electrons. The van der Waals surface area contributed by atoms with Gasteiger partial charge in [-0.3, -0.25) is 9.59 Å². The minimum Gasteiger partial charge on any atom is -0.497 e. The number of hydrogen-bond acceptors (Lipinski definition) is 5. The Morgan fingerprint density at radius 2 is 1.81 bits per heavy atom. The second-order valence-electron chi connectivity index (χ2n) is 8.68. The van der Waals surface area contributed by atoms with Gasteiger partial charge in [-0.2, -0.15) is 0 Å². The summed E-state index contributed by atoms with van der Waals surface area (Å²) < 4.78 is 11.0. The molecule has 2 atom stereocenters. The van der Waals surface area contributed by atoms with Crippen LogP contribution in [0.5, 0.6) is 5.75 Å². The SMILES string of the molecule is COc1ccc(CN2C(=O)COC(c3ccc(NC(=O)C(C)(C)C)cc3)C2CO)cc1. The van der Waals surface area contributed by atoms with Crippen LogP contribution in [0.25, 0.3) is 0 Å². The van der Waals surface area contributed by atoms with Gasteiger partial charge in [0, 0.05) is 17.6 Å². The molecule has 0 aromatic heterocycles. The fourth-order valence-electron chi connectivity index (χ4n) is 3.42. The number of aliphatic hydroxyl groups excluding tert-OH is 1. The van der Waals surface area contributed by atoms with Gasteiger partial charge in [0.15, 0.2) is 0 Å². The van der Waals surface area contributed by atoms with E-state index in [1.54, 1.807) is 24.1 Å². The van der Waals surface area contributed by atoms with Crippen molar-refractivity contribution < 1.29 is 24.2 Å². The highest BCUT2D eigenvalue weighted by Crippen LogP contribution is 2.31. The predicted octanol–water partition coefficient (Wildman–Crippen LogP) is 3.14. The maximum absolute atomic E-state index is 12.6. The molecule has 1 heterocycles. The summed E-state index contributed by atoms with van der Waals surface area (Å²) in [6.45, 7) is 5.65. The van der Waals surface area contributed by atoms with E-state index in [1.807, 2.05) is 57.2 Å². The molecule has 2 aromatic rings. The van der Waals surface area contributed by atoms with Crippen molar-refractivity contribution in [1.29, 1.82) is 0 Å². The van der Waals surface area contributed by atoms with E-state index < -0.39 is 17.6 Å². The van der Waals surface area contributed by atoms with E-state index in [-0.39, 0.29) is 25.0 Å². The lowest BCUT2D eigenvalue weighted by atomic mass is 9.95. The maximum atomic E-state index is 12.6. The van der Waals surface area contributed by atoms with Gasteiger partial charge in [-0.05, 0) is 35.4 Å². The number of methoxy groups -OCH3 is 1. The molecule has 0 aliphatic carbocycles. The third kappa shape index (κ3) is 5.42. The average molecular weight is 427 g/mol. The number of aliphatic hydroxyl groups is 1. The largest absolute Gasteiger partial charge is 0.497 e. The number of rotatable bonds is 6. The molecule has 1 aliphatic heterocycles. The van der Waals surface area contributed by atoms with Gasteiger partial charge >= 0.3 is 0 Å². The van der Waals surface area contributed by atoms with Gasteiger partial charge in [-0.25, -0.2) is 0 Å². The highest BCUT2D eigenvalue weighted by molar-refractivity contribution is 5.94. The molecule has 1 fully saturated rings. The van der Waals surface area contributed by atoms with Crippen LogP contribution in [0.4, 0.5) is 5.69 Å². The number of anilines is 1. The molecule has 2 aromatic carbocycles. The second kappa shape index (κ2) is 9.49. The molecule has 0 radical (unpaired) electrons. The van der Waals surface area contributed by atoms with E-state index in [0.717, 1.165) is 16.9 Å². The zero-order chi connectivity index (χ0) is 22.6. The predicted molar refractivity (Wildman–Crippen MR) is 118 cm³/mol. The van der Waals surface area contributed by atoms with Crippen LogP contribution in [-0.2, 0) is 20.9 Å². The topological polar surface area (TPSA) is 88.1 Å². The Labute approximate surface area is 183 Å². The highest BCUT2D eigenvalue weighted by Gasteiger charge is 2.37. The quantitative estimate of drug-likeness (QED) is 0.741. The molecule has 0 spiro atoms. The first-order valence-electron chi connectivity index (χ1n) is 10.3. The van der Waals surface area contributed by atoms with Crippen molar-refractivity contribution in [2.24, 2.45) is 5.41 Å². The Bertz CT molecular complexity index is 903. The number of morpholine rings is 1. The van der Waals surface area contributed by atoms with Gasteiger partial charge in [-0.1, -0.05) is 45.0 Å². The summed E-state index contributed by atoms with van der Waals surface area (Å²) in [4.78, 5) is 26.4. The third-order valence-corrected chi connectivity index (χ3v) is 5.33. The minimum atomic E-state index is -0.515. The first-order valence-corrected chi connectivity index (χ1v) is 10.3. The lowest BCUT2D eigenvalue weighted by Crippen LogP contribution is -2.52. The van der Waals surface area contributed by atoms with Crippen molar-refractivity contribution in [3.8, 4) is 5.75 Å². The number of nitrogens with zero attached hydrogens (tertiary/aromatic N) is 1. The Kier molecular flexibility index (Phi) is 6.97. The zero-order valence-corrected chi connectivity index (χ0v) is 18.4. The first kappa shape index (κ1) is 22.8. The summed E-state index contributed by atoms with van der Waals surface area (Å²) in [7, 11) is 1.60. The lowest BCUT2D eigenvalue weighted by molar-refractivity contribution is -0.162. The molecule has 7 nitrogen and oxygen atoms in total. The summed E-state index contributed by atoms with van der Waals surface area (Å²) in [5.74, 6) is 0.506. The van der Waals surface area contributed by atoms with Gasteiger partial charge < -0.3 is 24.8 Å². The van der Waals surface area contributed by atoms with Crippen molar-refractivity contribution in [1.82, 2.24) is 4.90 Å². The summed E-state index contributed by atoms with van der Waals surface area (Å²) in [6.07, 6.45) is -0.465. The molecule has 0 saturated carbocycles. The van der Waals surface area contributed by atoms with Gasteiger partial charge in [0.05, 0.1) is 19.8 Å². The van der Waals surface area contributed by atoms with E-state index >= 15 is 0 Å². The third-order valence-electron chi connectivity index (χ3n) is 5.33. The monoisotopic (exact) mass is 426 g/mol. The van der Waals surface area contributed by atoms with Crippen molar-refractivity contribution in [3.05, 3.63) is 59.7 Å². The van der Waals surface area contributed by atoms with E-state index in [2.05, 4.69) is 5.32 Å². The Hall–Kier alpha value is -2.90. The number of nitrogens with one attached hydrogen (secondary N) is 1. The standard InChI is InChI=1S/C24H30N2O5/c1-24(2,3)23(29)25-18-9-7-17(8-10-18)22-20(14-27)26(21(28)15-31-22)13-16-5-11-19(30-4)12-6-16/h5-12,20,22,27H,13-15H2,1-4H3,(H,25,29). The second-order valence-corrected chi connectivity index (χ2v) is 8.68. The first-order chi connectivity index (χ1) is 14.7. The molecule has 3 rings (SSSR count). The Morgan fingerprint density at radius 3 is 2.35 bits per heavy atom. The molecule has 2 N–H and O–H groups in total. The molecule has 7 heteroatoms.